The molecule has 16 heavy (non-hydrogen) atoms. The highest BCUT2D eigenvalue weighted by atomic mass is 16.5. The SMILES string of the molecule is CC1CCCCC1OCCC1CCCC1=O. The van der Waals surface area contributed by atoms with Crippen LogP contribution < -0.4 is 0 Å². The number of carbonyl (C=O) groups excluding carboxylic acids is 1. The Balaban J connectivity index is 1.65. The first kappa shape index (κ1) is 12.1. The highest BCUT2D eigenvalue weighted by Gasteiger charge is 2.25. The zero-order valence-corrected chi connectivity index (χ0v) is 10.4. The quantitative estimate of drug-likeness (QED) is 0.732. The number of ether oxygens (including phenoxy) is 1. The number of Topliss-reactive ketones (excluding diaryl/α,β-unsaturated/α-hetero) is 1. The second-order valence-electron chi connectivity index (χ2n) is 5.52. The van der Waals surface area contributed by atoms with Crippen LogP contribution in [-0.2, 0) is 9.53 Å². The Morgan fingerprint density at radius 2 is 2.00 bits per heavy atom. The third-order valence-corrected chi connectivity index (χ3v) is 4.26. The van der Waals surface area contributed by atoms with Gasteiger partial charge in [-0.3, -0.25) is 4.79 Å². The molecule has 2 fully saturated rings. The number of ketones is 1. The summed E-state index contributed by atoms with van der Waals surface area (Å²) < 4.78 is 5.95. The van der Waals surface area contributed by atoms with E-state index in [1.807, 2.05) is 0 Å². The molecular formula is C14H24O2. The zero-order chi connectivity index (χ0) is 11.4. The lowest BCUT2D eigenvalue weighted by Gasteiger charge is -2.29. The van der Waals surface area contributed by atoms with Gasteiger partial charge in [0.25, 0.3) is 0 Å². The smallest absolute Gasteiger partial charge is 0.136 e. The maximum absolute atomic E-state index is 11.5. The lowest BCUT2D eigenvalue weighted by atomic mass is 9.88. The molecule has 2 rings (SSSR count). The predicted molar refractivity (Wildman–Crippen MR) is 64.3 cm³/mol. The van der Waals surface area contributed by atoms with Crippen molar-refractivity contribution in [3.63, 3.8) is 0 Å². The topological polar surface area (TPSA) is 26.3 Å². The van der Waals surface area contributed by atoms with Gasteiger partial charge in [-0.15, -0.1) is 0 Å². The normalized spacial score (nSPS) is 35.6. The summed E-state index contributed by atoms with van der Waals surface area (Å²) in [5.74, 6) is 1.51. The summed E-state index contributed by atoms with van der Waals surface area (Å²) >= 11 is 0. The summed E-state index contributed by atoms with van der Waals surface area (Å²) in [5, 5.41) is 0. The van der Waals surface area contributed by atoms with Crippen molar-refractivity contribution in [2.24, 2.45) is 11.8 Å². The van der Waals surface area contributed by atoms with Crippen LogP contribution in [0, 0.1) is 11.8 Å². The Bertz CT molecular complexity index is 237. The summed E-state index contributed by atoms with van der Waals surface area (Å²) in [6.07, 6.45) is 9.65. The minimum absolute atomic E-state index is 0.318. The van der Waals surface area contributed by atoms with Crippen LogP contribution in [0.25, 0.3) is 0 Å². The van der Waals surface area contributed by atoms with E-state index >= 15 is 0 Å². The molecule has 0 aromatic rings. The fourth-order valence-electron chi connectivity index (χ4n) is 3.08. The molecular weight excluding hydrogens is 200 g/mol. The van der Waals surface area contributed by atoms with Gasteiger partial charge in [0.1, 0.15) is 5.78 Å². The Hall–Kier alpha value is -0.370. The van der Waals surface area contributed by atoms with Crippen molar-refractivity contribution < 1.29 is 9.53 Å². The molecule has 2 saturated carbocycles. The van der Waals surface area contributed by atoms with E-state index in [1.54, 1.807) is 0 Å². The largest absolute Gasteiger partial charge is 0.378 e. The van der Waals surface area contributed by atoms with Gasteiger partial charge in [-0.05, 0) is 38.0 Å². The van der Waals surface area contributed by atoms with E-state index in [9.17, 15) is 4.79 Å². The van der Waals surface area contributed by atoms with Crippen LogP contribution in [0.2, 0.25) is 0 Å². The molecule has 0 N–H and O–H groups in total. The van der Waals surface area contributed by atoms with Gasteiger partial charge in [-0.1, -0.05) is 19.8 Å². The second-order valence-corrected chi connectivity index (χ2v) is 5.52. The number of hydrogen-bond donors (Lipinski definition) is 0. The molecule has 0 radical (unpaired) electrons. The lowest BCUT2D eigenvalue weighted by Crippen LogP contribution is -2.26. The lowest BCUT2D eigenvalue weighted by molar-refractivity contribution is -0.121. The molecule has 0 heterocycles. The van der Waals surface area contributed by atoms with Crippen LogP contribution in [0.5, 0.6) is 0 Å². The van der Waals surface area contributed by atoms with E-state index in [4.69, 9.17) is 4.74 Å². The summed E-state index contributed by atoms with van der Waals surface area (Å²) in [5.41, 5.74) is 0. The standard InChI is InChI=1S/C14H24O2/c1-11-5-2-3-8-14(11)16-10-9-12-6-4-7-13(12)15/h11-12,14H,2-10H2,1H3. The molecule has 2 aliphatic carbocycles. The van der Waals surface area contributed by atoms with Gasteiger partial charge in [0.05, 0.1) is 6.10 Å². The van der Waals surface area contributed by atoms with Crippen molar-refractivity contribution in [3.8, 4) is 0 Å². The first-order valence-corrected chi connectivity index (χ1v) is 6.91. The van der Waals surface area contributed by atoms with Crippen molar-refractivity contribution in [3.05, 3.63) is 0 Å². The van der Waals surface area contributed by atoms with Gasteiger partial charge < -0.3 is 4.74 Å². The first-order chi connectivity index (χ1) is 7.77. The highest BCUT2D eigenvalue weighted by Crippen LogP contribution is 2.28. The molecule has 2 aliphatic rings. The minimum atomic E-state index is 0.318. The average Bonchev–Trinajstić information content (AvgIpc) is 2.67. The molecule has 0 saturated heterocycles. The van der Waals surface area contributed by atoms with Crippen LogP contribution in [-0.4, -0.2) is 18.5 Å². The molecule has 0 amide bonds. The van der Waals surface area contributed by atoms with Gasteiger partial charge in [-0.25, -0.2) is 0 Å². The molecule has 2 heteroatoms. The molecule has 2 nitrogen and oxygen atoms in total. The van der Waals surface area contributed by atoms with Crippen LogP contribution in [0.15, 0.2) is 0 Å². The molecule has 0 aromatic carbocycles. The Labute approximate surface area is 98.7 Å². The van der Waals surface area contributed by atoms with E-state index in [2.05, 4.69) is 6.92 Å². The van der Waals surface area contributed by atoms with Gasteiger partial charge in [0, 0.05) is 18.9 Å². The predicted octanol–water partition coefficient (Wildman–Crippen LogP) is 3.34. The van der Waals surface area contributed by atoms with E-state index in [0.29, 0.717) is 23.7 Å². The van der Waals surface area contributed by atoms with Crippen molar-refractivity contribution in [1.29, 1.82) is 0 Å². The first-order valence-electron chi connectivity index (χ1n) is 6.91. The maximum Gasteiger partial charge on any atom is 0.136 e. The Morgan fingerprint density at radius 3 is 2.69 bits per heavy atom. The van der Waals surface area contributed by atoms with E-state index in [-0.39, 0.29) is 0 Å². The van der Waals surface area contributed by atoms with Crippen molar-refractivity contribution in [2.75, 3.05) is 6.61 Å². The fourth-order valence-corrected chi connectivity index (χ4v) is 3.08. The number of rotatable bonds is 4. The van der Waals surface area contributed by atoms with Gasteiger partial charge >= 0.3 is 0 Å². The molecule has 3 atom stereocenters. The summed E-state index contributed by atoms with van der Waals surface area (Å²) in [4.78, 5) is 11.5. The maximum atomic E-state index is 11.5. The average molecular weight is 224 g/mol. The molecule has 0 spiro atoms. The monoisotopic (exact) mass is 224 g/mol. The zero-order valence-electron chi connectivity index (χ0n) is 10.4. The van der Waals surface area contributed by atoms with Gasteiger partial charge in [0.2, 0.25) is 0 Å². The van der Waals surface area contributed by atoms with Crippen LogP contribution in [0.4, 0.5) is 0 Å². The second kappa shape index (κ2) is 5.81. The van der Waals surface area contributed by atoms with E-state index in [1.165, 1.54) is 25.7 Å². The van der Waals surface area contributed by atoms with Crippen molar-refractivity contribution >= 4 is 5.78 Å². The Kier molecular flexibility index (Phi) is 4.39. The van der Waals surface area contributed by atoms with Crippen LogP contribution in [0.1, 0.15) is 58.3 Å². The molecule has 0 aliphatic heterocycles. The molecule has 0 aromatic heterocycles. The van der Waals surface area contributed by atoms with Gasteiger partial charge in [-0.2, -0.15) is 0 Å². The Morgan fingerprint density at radius 1 is 1.19 bits per heavy atom. The fraction of sp³-hybridized carbons (Fsp3) is 0.929. The summed E-state index contributed by atoms with van der Waals surface area (Å²) in [6, 6.07) is 0. The van der Waals surface area contributed by atoms with Crippen LogP contribution >= 0.6 is 0 Å². The van der Waals surface area contributed by atoms with E-state index in [0.717, 1.165) is 32.3 Å². The van der Waals surface area contributed by atoms with Crippen LogP contribution in [0.3, 0.4) is 0 Å². The van der Waals surface area contributed by atoms with Gasteiger partial charge in [0.15, 0.2) is 0 Å². The third kappa shape index (κ3) is 3.07. The molecule has 0 bridgehead atoms. The van der Waals surface area contributed by atoms with E-state index < -0.39 is 0 Å². The molecule has 92 valence electrons. The van der Waals surface area contributed by atoms with Crippen molar-refractivity contribution in [1.82, 2.24) is 0 Å². The summed E-state index contributed by atoms with van der Waals surface area (Å²) in [7, 11) is 0. The number of hydrogen-bond acceptors (Lipinski definition) is 2. The minimum Gasteiger partial charge on any atom is -0.378 e. The highest BCUT2D eigenvalue weighted by molar-refractivity contribution is 5.82. The third-order valence-electron chi connectivity index (χ3n) is 4.26. The van der Waals surface area contributed by atoms with Crippen molar-refractivity contribution in [2.45, 2.75) is 64.4 Å². The summed E-state index contributed by atoms with van der Waals surface area (Å²) in [6.45, 7) is 3.09. The molecule has 3 unspecified atom stereocenters. The number of carbonyl (C=O) groups is 1.